The molecule has 2 aliphatic carbocycles. The molecule has 0 aromatic carbocycles. The van der Waals surface area contributed by atoms with E-state index >= 15 is 0 Å². The minimum atomic E-state index is -0.190. The Labute approximate surface area is 236 Å². The van der Waals surface area contributed by atoms with Crippen LogP contribution in [0.4, 0.5) is 0 Å². The van der Waals surface area contributed by atoms with Crippen LogP contribution in [0.3, 0.4) is 0 Å². The Morgan fingerprint density at radius 1 is 1.03 bits per heavy atom. The number of hydrogen-bond donors (Lipinski definition) is 0. The van der Waals surface area contributed by atoms with Gasteiger partial charge in [-0.3, -0.25) is 0 Å². The standard InChI is InChI=1S/C36H60O2/c1-9-12-13-14-20-32(29(6)35(37)38-11-3)23-22-28(5)34(10-2)36(8)26-17-21-33(30(36)7)25-24-31-19-16-15-18-27(31)4/h24-25,28,30,32,34H,4,6,9-23,26H2,1-3,5,7-8H3/b31-24-,33-25+/t28-,30?,32?,34?,36?/m1/s1. The Kier molecular flexibility index (Phi) is 14.2. The van der Waals surface area contributed by atoms with Gasteiger partial charge in [-0.2, -0.15) is 0 Å². The van der Waals surface area contributed by atoms with Gasteiger partial charge in [-0.15, -0.1) is 0 Å². The third-order valence-corrected chi connectivity index (χ3v) is 10.2. The molecule has 0 N–H and O–H groups in total. The lowest BCUT2D eigenvalue weighted by Crippen LogP contribution is -2.40. The van der Waals surface area contributed by atoms with Gasteiger partial charge in [-0.25, -0.2) is 4.79 Å². The summed E-state index contributed by atoms with van der Waals surface area (Å²) in [5.41, 5.74) is 5.49. The second-order valence-electron chi connectivity index (χ2n) is 12.7. The Hall–Kier alpha value is -1.57. The van der Waals surface area contributed by atoms with E-state index in [4.69, 9.17) is 4.74 Å². The Balaban J connectivity index is 2.12. The molecule has 0 spiro atoms. The number of rotatable bonds is 15. The van der Waals surface area contributed by atoms with Gasteiger partial charge in [0.2, 0.25) is 0 Å². The maximum Gasteiger partial charge on any atom is 0.333 e. The quantitative estimate of drug-likeness (QED) is 0.121. The molecule has 0 radical (unpaired) electrons. The van der Waals surface area contributed by atoms with E-state index in [9.17, 15) is 4.79 Å². The molecule has 0 heterocycles. The zero-order valence-corrected chi connectivity index (χ0v) is 26.0. The molecule has 5 atom stereocenters. The molecule has 0 aromatic heterocycles. The maximum absolute atomic E-state index is 12.5. The predicted molar refractivity (Wildman–Crippen MR) is 165 cm³/mol. The van der Waals surface area contributed by atoms with Crippen LogP contribution in [-0.2, 0) is 9.53 Å². The maximum atomic E-state index is 12.5. The lowest BCUT2D eigenvalue weighted by Gasteiger charge is -2.49. The molecule has 2 rings (SSSR count). The molecule has 2 nitrogen and oxygen atoms in total. The van der Waals surface area contributed by atoms with Gasteiger partial charge in [-0.05, 0) is 106 Å². The zero-order valence-electron chi connectivity index (χ0n) is 26.0. The van der Waals surface area contributed by atoms with Crippen molar-refractivity contribution in [3.8, 4) is 0 Å². The molecule has 0 aromatic rings. The minimum Gasteiger partial charge on any atom is -0.463 e. The molecule has 0 saturated heterocycles. The van der Waals surface area contributed by atoms with Crippen molar-refractivity contribution in [3.63, 3.8) is 0 Å². The summed E-state index contributed by atoms with van der Waals surface area (Å²) in [5, 5.41) is 0. The highest BCUT2D eigenvalue weighted by atomic mass is 16.5. The van der Waals surface area contributed by atoms with Crippen molar-refractivity contribution in [1.82, 2.24) is 0 Å². The number of hydrogen-bond acceptors (Lipinski definition) is 2. The Morgan fingerprint density at radius 3 is 2.42 bits per heavy atom. The van der Waals surface area contributed by atoms with Crippen LogP contribution in [0.25, 0.3) is 0 Å². The number of allylic oxidation sites excluding steroid dienone is 5. The highest BCUT2D eigenvalue weighted by Gasteiger charge is 2.43. The van der Waals surface area contributed by atoms with Gasteiger partial charge in [0.25, 0.3) is 0 Å². The van der Waals surface area contributed by atoms with Crippen molar-refractivity contribution in [2.45, 2.75) is 138 Å². The lowest BCUT2D eigenvalue weighted by atomic mass is 9.56. The molecule has 2 heteroatoms. The first kappa shape index (κ1) is 32.6. The van der Waals surface area contributed by atoms with Crippen molar-refractivity contribution >= 4 is 5.97 Å². The summed E-state index contributed by atoms with van der Waals surface area (Å²) in [4.78, 5) is 12.5. The van der Waals surface area contributed by atoms with E-state index in [0.717, 1.165) is 19.3 Å². The first-order valence-electron chi connectivity index (χ1n) is 16.1. The number of ether oxygens (including phenoxy) is 1. The first-order chi connectivity index (χ1) is 18.2. The summed E-state index contributed by atoms with van der Waals surface area (Å²) in [5.74, 6) is 1.95. The second-order valence-corrected chi connectivity index (χ2v) is 12.7. The van der Waals surface area contributed by atoms with Crippen LogP contribution in [0.15, 0.2) is 47.6 Å². The molecule has 216 valence electrons. The summed E-state index contributed by atoms with van der Waals surface area (Å²) >= 11 is 0. The lowest BCUT2D eigenvalue weighted by molar-refractivity contribution is -0.139. The molecule has 4 unspecified atom stereocenters. The van der Waals surface area contributed by atoms with E-state index < -0.39 is 0 Å². The average Bonchev–Trinajstić information content (AvgIpc) is 2.90. The number of unbranched alkanes of at least 4 members (excludes halogenated alkanes) is 3. The second kappa shape index (κ2) is 16.5. The van der Waals surface area contributed by atoms with Crippen molar-refractivity contribution in [1.29, 1.82) is 0 Å². The van der Waals surface area contributed by atoms with Crippen LogP contribution in [0.2, 0.25) is 0 Å². The molecule has 2 fully saturated rings. The molecular weight excluding hydrogens is 464 g/mol. The van der Waals surface area contributed by atoms with Crippen LogP contribution in [0.5, 0.6) is 0 Å². The molecule has 2 aliphatic rings. The van der Waals surface area contributed by atoms with Gasteiger partial charge in [0, 0.05) is 5.57 Å². The minimum absolute atomic E-state index is 0.190. The van der Waals surface area contributed by atoms with Crippen LogP contribution in [0, 0.1) is 29.1 Å². The van der Waals surface area contributed by atoms with Crippen LogP contribution >= 0.6 is 0 Å². The molecule has 0 bridgehead atoms. The molecule has 0 aliphatic heterocycles. The van der Waals surface area contributed by atoms with Gasteiger partial charge in [0.15, 0.2) is 0 Å². The van der Waals surface area contributed by atoms with Gasteiger partial charge >= 0.3 is 5.97 Å². The van der Waals surface area contributed by atoms with E-state index in [1.165, 1.54) is 88.2 Å². The normalized spacial score (nSPS) is 26.8. The number of esters is 1. The summed E-state index contributed by atoms with van der Waals surface area (Å²) in [7, 11) is 0. The van der Waals surface area contributed by atoms with Crippen LogP contribution in [-0.4, -0.2) is 12.6 Å². The third kappa shape index (κ3) is 8.99. The highest BCUT2D eigenvalue weighted by molar-refractivity contribution is 5.88. The van der Waals surface area contributed by atoms with Crippen molar-refractivity contribution in [3.05, 3.63) is 47.6 Å². The Morgan fingerprint density at radius 2 is 1.76 bits per heavy atom. The summed E-state index contributed by atoms with van der Waals surface area (Å²) < 4.78 is 5.34. The van der Waals surface area contributed by atoms with E-state index in [1.54, 1.807) is 5.57 Å². The van der Waals surface area contributed by atoms with E-state index in [1.807, 2.05) is 6.92 Å². The van der Waals surface area contributed by atoms with Crippen LogP contribution < -0.4 is 0 Å². The number of carbonyl (C=O) groups is 1. The van der Waals surface area contributed by atoms with E-state index in [-0.39, 0.29) is 11.9 Å². The monoisotopic (exact) mass is 524 g/mol. The van der Waals surface area contributed by atoms with Crippen LogP contribution in [0.1, 0.15) is 138 Å². The molecular formula is C36H60O2. The first-order valence-corrected chi connectivity index (χ1v) is 16.1. The largest absolute Gasteiger partial charge is 0.463 e. The topological polar surface area (TPSA) is 26.3 Å². The van der Waals surface area contributed by atoms with Gasteiger partial charge in [0.1, 0.15) is 0 Å². The summed E-state index contributed by atoms with van der Waals surface area (Å²) in [6.45, 7) is 23.0. The fourth-order valence-electron chi connectivity index (χ4n) is 7.55. The number of carbonyl (C=O) groups excluding carboxylic acids is 1. The predicted octanol–water partition coefficient (Wildman–Crippen LogP) is 10.9. The molecule has 0 amide bonds. The fourth-order valence-corrected chi connectivity index (χ4v) is 7.55. The fraction of sp³-hybridized carbons (Fsp3) is 0.750. The van der Waals surface area contributed by atoms with Gasteiger partial charge in [0.05, 0.1) is 6.61 Å². The van der Waals surface area contributed by atoms with Crippen molar-refractivity contribution < 1.29 is 9.53 Å². The SMILES string of the molecule is C=C1CCCC/C1=C/C=C1\CCCC(C)(C(CC)[C@H](C)CCC(CCCCCC)C(=C)C(=O)OCC)C1C. The molecule has 2 saturated carbocycles. The van der Waals surface area contributed by atoms with E-state index in [2.05, 4.69) is 59.9 Å². The van der Waals surface area contributed by atoms with Crippen molar-refractivity contribution in [2.75, 3.05) is 6.61 Å². The Bertz CT molecular complexity index is 830. The summed E-state index contributed by atoms with van der Waals surface area (Å²) in [6, 6.07) is 0. The highest BCUT2D eigenvalue weighted by Crippen LogP contribution is 2.53. The van der Waals surface area contributed by atoms with E-state index in [0.29, 0.717) is 35.3 Å². The van der Waals surface area contributed by atoms with Gasteiger partial charge < -0.3 is 4.74 Å². The zero-order chi connectivity index (χ0) is 28.1. The van der Waals surface area contributed by atoms with Crippen molar-refractivity contribution in [2.24, 2.45) is 29.1 Å². The smallest absolute Gasteiger partial charge is 0.333 e. The molecule has 38 heavy (non-hydrogen) atoms. The van der Waals surface area contributed by atoms with Gasteiger partial charge in [-0.1, -0.05) is 103 Å². The summed E-state index contributed by atoms with van der Waals surface area (Å²) in [6.07, 6.45) is 23.1. The average molecular weight is 525 g/mol. The third-order valence-electron chi connectivity index (χ3n) is 10.2.